The van der Waals surface area contributed by atoms with Crippen molar-refractivity contribution in [2.24, 2.45) is 0 Å². The lowest BCUT2D eigenvalue weighted by molar-refractivity contribution is 0.473. The van der Waals surface area contributed by atoms with Gasteiger partial charge in [-0.1, -0.05) is 18.8 Å². The maximum Gasteiger partial charge on any atom is 0.133 e. The second-order valence-corrected chi connectivity index (χ2v) is 4.27. The molecule has 1 aromatic carbocycles. The van der Waals surface area contributed by atoms with Gasteiger partial charge in [0.05, 0.1) is 17.3 Å². The van der Waals surface area contributed by atoms with Gasteiger partial charge in [0.2, 0.25) is 0 Å². The molecule has 0 spiro atoms. The maximum atomic E-state index is 9.92. The summed E-state index contributed by atoms with van der Waals surface area (Å²) in [6, 6.07) is 3.90. The summed E-state index contributed by atoms with van der Waals surface area (Å²) in [5, 5.41) is 15.2. The van der Waals surface area contributed by atoms with Crippen molar-refractivity contribution in [3.05, 3.63) is 23.9 Å². The third kappa shape index (κ3) is 2.12. The Morgan fingerprint density at radius 1 is 1.41 bits per heavy atom. The molecular weight excluding hydrogens is 212 g/mol. The molecule has 0 aliphatic heterocycles. The molecule has 0 saturated heterocycles. The van der Waals surface area contributed by atoms with Gasteiger partial charge < -0.3 is 5.11 Å². The summed E-state index contributed by atoms with van der Waals surface area (Å²) in [5.41, 5.74) is 1.61. The van der Waals surface area contributed by atoms with Gasteiger partial charge in [0, 0.05) is 23.9 Å². The summed E-state index contributed by atoms with van der Waals surface area (Å²) in [6.45, 7) is 6.11. The van der Waals surface area contributed by atoms with Crippen molar-refractivity contribution in [3.8, 4) is 17.6 Å². The highest BCUT2D eigenvalue weighted by molar-refractivity contribution is 5.82. The molecule has 0 radical (unpaired) electrons. The van der Waals surface area contributed by atoms with Gasteiger partial charge >= 0.3 is 0 Å². The van der Waals surface area contributed by atoms with E-state index in [4.69, 9.17) is 0 Å². The van der Waals surface area contributed by atoms with Crippen LogP contribution in [0.15, 0.2) is 18.3 Å². The Balaban J connectivity index is 2.60. The molecule has 0 bridgehead atoms. The molecule has 2 rings (SSSR count). The van der Waals surface area contributed by atoms with Crippen LogP contribution in [0.3, 0.4) is 0 Å². The van der Waals surface area contributed by atoms with Crippen molar-refractivity contribution in [1.29, 1.82) is 0 Å². The van der Waals surface area contributed by atoms with Gasteiger partial charge in [-0.3, -0.25) is 4.68 Å². The van der Waals surface area contributed by atoms with Gasteiger partial charge in [0.25, 0.3) is 0 Å². The van der Waals surface area contributed by atoms with Gasteiger partial charge in [-0.05, 0) is 19.9 Å². The standard InChI is InChI=1S/C14H16N2O/c1-4-5-6-11-7-12-9-15-16(10(2)3)13(12)8-14(11)17/h7-10,17H,4H2,1-3H3. The maximum absolute atomic E-state index is 9.92. The van der Waals surface area contributed by atoms with Gasteiger partial charge in [0.15, 0.2) is 0 Å². The van der Waals surface area contributed by atoms with E-state index in [2.05, 4.69) is 30.8 Å². The second-order valence-electron chi connectivity index (χ2n) is 4.27. The van der Waals surface area contributed by atoms with Crippen molar-refractivity contribution >= 4 is 10.9 Å². The lowest BCUT2D eigenvalue weighted by atomic mass is 10.1. The lowest BCUT2D eigenvalue weighted by Gasteiger charge is -2.07. The smallest absolute Gasteiger partial charge is 0.133 e. The summed E-state index contributed by atoms with van der Waals surface area (Å²) < 4.78 is 1.89. The Hall–Kier alpha value is -1.95. The predicted octanol–water partition coefficient (Wildman–Crippen LogP) is 3.08. The number of aromatic nitrogens is 2. The van der Waals surface area contributed by atoms with Crippen molar-refractivity contribution < 1.29 is 5.11 Å². The van der Waals surface area contributed by atoms with E-state index in [9.17, 15) is 5.11 Å². The molecule has 1 heterocycles. The Bertz CT molecular complexity index is 600. The summed E-state index contributed by atoms with van der Waals surface area (Å²) in [7, 11) is 0. The van der Waals surface area contributed by atoms with Gasteiger partial charge in [-0.2, -0.15) is 5.10 Å². The molecule has 0 unspecified atom stereocenters. The van der Waals surface area contributed by atoms with Crippen LogP contribution >= 0.6 is 0 Å². The third-order valence-electron chi connectivity index (χ3n) is 2.60. The van der Waals surface area contributed by atoms with Crippen molar-refractivity contribution in [1.82, 2.24) is 9.78 Å². The van der Waals surface area contributed by atoms with E-state index in [1.54, 1.807) is 6.07 Å². The molecule has 3 nitrogen and oxygen atoms in total. The van der Waals surface area contributed by atoms with Crippen molar-refractivity contribution in [2.45, 2.75) is 33.2 Å². The number of fused-ring (bicyclic) bond motifs is 1. The minimum absolute atomic E-state index is 0.223. The van der Waals surface area contributed by atoms with Crippen LogP contribution in [-0.4, -0.2) is 14.9 Å². The number of aromatic hydroxyl groups is 1. The number of phenolic OH excluding ortho intramolecular Hbond substituents is 1. The van der Waals surface area contributed by atoms with E-state index in [1.165, 1.54) is 0 Å². The minimum Gasteiger partial charge on any atom is -0.507 e. The van der Waals surface area contributed by atoms with E-state index < -0.39 is 0 Å². The second kappa shape index (κ2) is 4.50. The summed E-state index contributed by atoms with van der Waals surface area (Å²) in [6.07, 6.45) is 2.59. The topological polar surface area (TPSA) is 38.0 Å². The van der Waals surface area contributed by atoms with Crippen LogP contribution in [0, 0.1) is 11.8 Å². The molecule has 88 valence electrons. The first-order valence-electron chi connectivity index (χ1n) is 5.82. The lowest BCUT2D eigenvalue weighted by Crippen LogP contribution is -2.01. The van der Waals surface area contributed by atoms with Crippen LogP contribution in [0.25, 0.3) is 10.9 Å². The first kappa shape index (κ1) is 11.5. The highest BCUT2D eigenvalue weighted by atomic mass is 16.3. The fourth-order valence-corrected chi connectivity index (χ4v) is 1.78. The van der Waals surface area contributed by atoms with Crippen LogP contribution in [0.1, 0.15) is 38.8 Å². The van der Waals surface area contributed by atoms with Gasteiger partial charge in [-0.15, -0.1) is 0 Å². The Morgan fingerprint density at radius 3 is 2.82 bits per heavy atom. The molecule has 1 aromatic heterocycles. The highest BCUT2D eigenvalue weighted by Gasteiger charge is 2.09. The average molecular weight is 228 g/mol. The minimum atomic E-state index is 0.223. The Kier molecular flexibility index (Phi) is 3.06. The molecule has 1 N–H and O–H groups in total. The number of hydrogen-bond donors (Lipinski definition) is 1. The molecule has 3 heteroatoms. The van der Waals surface area contributed by atoms with Crippen LogP contribution in [-0.2, 0) is 0 Å². The normalized spacial score (nSPS) is 10.6. The van der Waals surface area contributed by atoms with E-state index in [1.807, 2.05) is 23.9 Å². The highest BCUT2D eigenvalue weighted by Crippen LogP contribution is 2.26. The zero-order chi connectivity index (χ0) is 12.4. The molecule has 2 aromatic rings. The zero-order valence-corrected chi connectivity index (χ0v) is 10.4. The number of hydrogen-bond acceptors (Lipinski definition) is 2. The fraction of sp³-hybridized carbons (Fsp3) is 0.357. The average Bonchev–Trinajstić information content (AvgIpc) is 2.68. The molecule has 0 saturated carbocycles. The first-order chi connectivity index (χ1) is 8.13. The van der Waals surface area contributed by atoms with Crippen molar-refractivity contribution in [2.75, 3.05) is 0 Å². The quantitative estimate of drug-likeness (QED) is 0.762. The molecule has 0 atom stereocenters. The van der Waals surface area contributed by atoms with E-state index in [-0.39, 0.29) is 11.8 Å². The van der Waals surface area contributed by atoms with Crippen LogP contribution in [0.2, 0.25) is 0 Å². The molecule has 0 aliphatic carbocycles. The summed E-state index contributed by atoms with van der Waals surface area (Å²) >= 11 is 0. The molecular formula is C14H16N2O. The SMILES string of the molecule is CCC#Cc1cc2cnn(C(C)C)c2cc1O. The summed E-state index contributed by atoms with van der Waals surface area (Å²) in [4.78, 5) is 0. The first-order valence-corrected chi connectivity index (χ1v) is 5.82. The van der Waals surface area contributed by atoms with Crippen molar-refractivity contribution in [3.63, 3.8) is 0 Å². The molecule has 0 amide bonds. The number of nitrogens with zero attached hydrogens (tertiary/aromatic N) is 2. The number of phenols is 1. The van der Waals surface area contributed by atoms with Crippen LogP contribution < -0.4 is 0 Å². The number of rotatable bonds is 1. The predicted molar refractivity (Wildman–Crippen MR) is 69.0 cm³/mol. The summed E-state index contributed by atoms with van der Waals surface area (Å²) in [5.74, 6) is 6.14. The van der Waals surface area contributed by atoms with Gasteiger partial charge in [-0.25, -0.2) is 0 Å². The fourth-order valence-electron chi connectivity index (χ4n) is 1.78. The van der Waals surface area contributed by atoms with Crippen LogP contribution in [0.5, 0.6) is 5.75 Å². The Morgan fingerprint density at radius 2 is 2.18 bits per heavy atom. The van der Waals surface area contributed by atoms with E-state index in [0.717, 1.165) is 17.3 Å². The molecule has 0 aliphatic rings. The largest absolute Gasteiger partial charge is 0.507 e. The third-order valence-corrected chi connectivity index (χ3v) is 2.60. The van der Waals surface area contributed by atoms with E-state index in [0.29, 0.717) is 5.56 Å². The van der Waals surface area contributed by atoms with E-state index >= 15 is 0 Å². The molecule has 0 fully saturated rings. The zero-order valence-electron chi connectivity index (χ0n) is 10.4. The number of benzene rings is 1. The Labute approximate surface area is 101 Å². The van der Waals surface area contributed by atoms with Crippen LogP contribution in [0.4, 0.5) is 0 Å². The monoisotopic (exact) mass is 228 g/mol. The molecule has 17 heavy (non-hydrogen) atoms. The van der Waals surface area contributed by atoms with Gasteiger partial charge in [0.1, 0.15) is 5.75 Å².